The van der Waals surface area contributed by atoms with Crippen molar-refractivity contribution in [3.8, 4) is 0 Å². The number of rotatable bonds is 5. The van der Waals surface area contributed by atoms with Gasteiger partial charge in [0.15, 0.2) is 5.13 Å². The second-order valence-corrected chi connectivity index (χ2v) is 8.90. The molecule has 3 heterocycles. The Morgan fingerprint density at radius 2 is 2.07 bits per heavy atom. The van der Waals surface area contributed by atoms with Crippen molar-refractivity contribution in [2.75, 3.05) is 18.4 Å². The van der Waals surface area contributed by atoms with E-state index in [0.29, 0.717) is 23.9 Å². The number of likely N-dealkylation sites (tertiary alicyclic amines) is 1. The maximum atomic E-state index is 13.2. The number of carbonyl (C=O) groups is 1. The van der Waals surface area contributed by atoms with Crippen LogP contribution < -0.4 is 5.32 Å². The van der Waals surface area contributed by atoms with Crippen molar-refractivity contribution in [3.63, 3.8) is 0 Å². The van der Waals surface area contributed by atoms with E-state index >= 15 is 0 Å². The van der Waals surface area contributed by atoms with Gasteiger partial charge in [-0.05, 0) is 63.3 Å². The number of nitrogens with zero attached hydrogens (tertiary/aromatic N) is 4. The van der Waals surface area contributed by atoms with Crippen LogP contribution in [-0.4, -0.2) is 38.8 Å². The van der Waals surface area contributed by atoms with Gasteiger partial charge in [0.2, 0.25) is 0 Å². The molecule has 1 fully saturated rings. The minimum atomic E-state index is -0.334. The van der Waals surface area contributed by atoms with E-state index in [2.05, 4.69) is 20.3 Å². The quantitative estimate of drug-likeness (QED) is 0.650. The number of piperidine rings is 1. The topological polar surface area (TPSA) is 71.0 Å². The number of carbonyl (C=O) groups excluding carboxylic acids is 1. The van der Waals surface area contributed by atoms with Gasteiger partial charge in [-0.15, -0.1) is 11.3 Å². The minimum Gasteiger partial charge on any atom is -0.338 e. The monoisotopic (exact) mass is 425 g/mol. The number of aryl methyl sites for hydroxylation is 2. The minimum absolute atomic E-state index is 0.0416. The van der Waals surface area contributed by atoms with Crippen molar-refractivity contribution in [1.82, 2.24) is 19.9 Å². The lowest BCUT2D eigenvalue weighted by Crippen LogP contribution is -2.40. The van der Waals surface area contributed by atoms with Crippen LogP contribution >= 0.6 is 11.3 Å². The Bertz CT molecular complexity index is 1040. The predicted molar refractivity (Wildman–Crippen MR) is 116 cm³/mol. The van der Waals surface area contributed by atoms with Crippen LogP contribution in [0.25, 0.3) is 0 Å². The molecule has 0 saturated carbocycles. The normalized spacial score (nSPS) is 16.5. The molecule has 4 rings (SSSR count). The molecule has 1 aromatic carbocycles. The van der Waals surface area contributed by atoms with E-state index in [1.807, 2.05) is 31.0 Å². The lowest BCUT2D eigenvalue weighted by atomic mass is 9.92. The summed E-state index contributed by atoms with van der Waals surface area (Å²) < 4.78 is 13.2. The number of halogens is 1. The van der Waals surface area contributed by atoms with E-state index in [0.717, 1.165) is 47.3 Å². The van der Waals surface area contributed by atoms with Crippen molar-refractivity contribution in [3.05, 3.63) is 64.3 Å². The summed E-state index contributed by atoms with van der Waals surface area (Å²) in [5.41, 5.74) is 1.49. The number of nitrogens with one attached hydrogen (secondary N) is 1. The molecule has 3 aromatic rings. The largest absolute Gasteiger partial charge is 0.338 e. The predicted octanol–water partition coefficient (Wildman–Crippen LogP) is 4.53. The van der Waals surface area contributed by atoms with Crippen molar-refractivity contribution >= 4 is 28.2 Å². The molecule has 1 amide bonds. The van der Waals surface area contributed by atoms with Crippen LogP contribution in [0.2, 0.25) is 0 Å². The van der Waals surface area contributed by atoms with Gasteiger partial charge in [0.05, 0.1) is 0 Å². The number of amides is 1. The van der Waals surface area contributed by atoms with Crippen LogP contribution in [0.15, 0.2) is 36.5 Å². The molecule has 2 aromatic heterocycles. The summed E-state index contributed by atoms with van der Waals surface area (Å²) >= 11 is 1.58. The third-order valence-corrected chi connectivity index (χ3v) is 5.97. The van der Waals surface area contributed by atoms with E-state index in [-0.39, 0.29) is 11.7 Å². The van der Waals surface area contributed by atoms with Crippen LogP contribution in [0.1, 0.15) is 39.6 Å². The number of benzene rings is 1. The van der Waals surface area contributed by atoms with E-state index in [4.69, 9.17) is 0 Å². The number of thiazole rings is 1. The Hall–Kier alpha value is -2.87. The first-order chi connectivity index (χ1) is 14.5. The molecular weight excluding hydrogens is 401 g/mol. The molecule has 0 bridgehead atoms. The zero-order valence-corrected chi connectivity index (χ0v) is 17.9. The summed E-state index contributed by atoms with van der Waals surface area (Å²) in [6.07, 6.45) is 4.61. The molecule has 0 aliphatic carbocycles. The standard InChI is InChI=1S/C22H24FN5OS/c1-14-12-24-22(30-14)27-20-11-19(25-15(2)26-20)10-16-4-3-9-28(13-16)21(29)17-5-7-18(23)8-6-17/h5-8,11-12,16H,3-4,9-10,13H2,1-2H3,(H,24,25,26,27). The molecule has 1 aliphatic heterocycles. The molecule has 1 saturated heterocycles. The summed E-state index contributed by atoms with van der Waals surface area (Å²) in [6.45, 7) is 5.30. The van der Waals surface area contributed by atoms with Gasteiger partial charge >= 0.3 is 0 Å². The molecule has 30 heavy (non-hydrogen) atoms. The Morgan fingerprint density at radius 3 is 2.80 bits per heavy atom. The van der Waals surface area contributed by atoms with Gasteiger partial charge < -0.3 is 10.2 Å². The highest BCUT2D eigenvalue weighted by Crippen LogP contribution is 2.25. The van der Waals surface area contributed by atoms with Gasteiger partial charge in [0.1, 0.15) is 17.5 Å². The van der Waals surface area contributed by atoms with Gasteiger partial charge in [-0.1, -0.05) is 0 Å². The van der Waals surface area contributed by atoms with E-state index < -0.39 is 0 Å². The molecule has 1 aliphatic rings. The molecule has 1 unspecified atom stereocenters. The van der Waals surface area contributed by atoms with E-state index in [1.54, 1.807) is 23.5 Å². The van der Waals surface area contributed by atoms with Crippen molar-refractivity contribution in [1.29, 1.82) is 0 Å². The zero-order valence-electron chi connectivity index (χ0n) is 17.1. The molecule has 1 N–H and O–H groups in total. The summed E-state index contributed by atoms with van der Waals surface area (Å²) in [5, 5.41) is 4.07. The Kier molecular flexibility index (Phi) is 6.03. The summed E-state index contributed by atoms with van der Waals surface area (Å²) in [6, 6.07) is 7.72. The Labute approximate surface area is 179 Å². The van der Waals surface area contributed by atoms with E-state index in [1.165, 1.54) is 12.1 Å². The van der Waals surface area contributed by atoms with Crippen molar-refractivity contribution in [2.45, 2.75) is 33.1 Å². The van der Waals surface area contributed by atoms with Crippen LogP contribution in [0.5, 0.6) is 0 Å². The highest BCUT2D eigenvalue weighted by molar-refractivity contribution is 7.15. The number of anilines is 2. The average molecular weight is 426 g/mol. The van der Waals surface area contributed by atoms with Gasteiger partial charge in [-0.3, -0.25) is 4.79 Å². The summed E-state index contributed by atoms with van der Waals surface area (Å²) in [4.78, 5) is 29.2. The third-order valence-electron chi connectivity index (χ3n) is 5.14. The Morgan fingerprint density at radius 1 is 1.27 bits per heavy atom. The smallest absolute Gasteiger partial charge is 0.253 e. The molecule has 1 atom stereocenters. The second kappa shape index (κ2) is 8.87. The lowest BCUT2D eigenvalue weighted by Gasteiger charge is -2.33. The first kappa shape index (κ1) is 20.4. The molecular formula is C22H24FN5OS. The fraction of sp³-hybridized carbons (Fsp3) is 0.364. The van der Waals surface area contributed by atoms with Crippen LogP contribution in [0.3, 0.4) is 0 Å². The van der Waals surface area contributed by atoms with Crippen molar-refractivity contribution < 1.29 is 9.18 Å². The molecule has 156 valence electrons. The molecule has 0 spiro atoms. The fourth-order valence-corrected chi connectivity index (χ4v) is 4.48. The fourth-order valence-electron chi connectivity index (χ4n) is 3.81. The summed E-state index contributed by atoms with van der Waals surface area (Å²) in [5.74, 6) is 1.40. The second-order valence-electron chi connectivity index (χ2n) is 7.66. The van der Waals surface area contributed by atoms with Crippen LogP contribution in [0.4, 0.5) is 15.3 Å². The highest BCUT2D eigenvalue weighted by Gasteiger charge is 2.25. The SMILES string of the molecule is Cc1nc(CC2CCCN(C(=O)c3ccc(F)cc3)C2)cc(Nc2ncc(C)s2)n1. The first-order valence-electron chi connectivity index (χ1n) is 10.0. The van der Waals surface area contributed by atoms with Crippen molar-refractivity contribution in [2.24, 2.45) is 5.92 Å². The third kappa shape index (κ3) is 4.99. The molecule has 0 radical (unpaired) electrons. The van der Waals surface area contributed by atoms with Crippen LogP contribution in [-0.2, 0) is 6.42 Å². The lowest BCUT2D eigenvalue weighted by molar-refractivity contribution is 0.0672. The maximum Gasteiger partial charge on any atom is 0.253 e. The first-order valence-corrected chi connectivity index (χ1v) is 10.9. The van der Waals surface area contributed by atoms with Gasteiger partial charge in [-0.2, -0.15) is 0 Å². The number of hydrogen-bond donors (Lipinski definition) is 1. The summed E-state index contributed by atoms with van der Waals surface area (Å²) in [7, 11) is 0. The van der Waals surface area contributed by atoms with Crippen LogP contribution in [0, 0.1) is 25.6 Å². The van der Waals surface area contributed by atoms with Gasteiger partial charge in [0, 0.05) is 41.5 Å². The van der Waals surface area contributed by atoms with Gasteiger partial charge in [0.25, 0.3) is 5.91 Å². The van der Waals surface area contributed by atoms with E-state index in [9.17, 15) is 9.18 Å². The number of hydrogen-bond acceptors (Lipinski definition) is 6. The number of aromatic nitrogens is 3. The van der Waals surface area contributed by atoms with Gasteiger partial charge in [-0.25, -0.2) is 19.3 Å². The maximum absolute atomic E-state index is 13.2. The molecule has 6 nitrogen and oxygen atoms in total. The average Bonchev–Trinajstić information content (AvgIpc) is 3.12. The Balaban J connectivity index is 1.43. The molecule has 8 heteroatoms. The highest BCUT2D eigenvalue weighted by atomic mass is 32.1. The zero-order chi connectivity index (χ0) is 21.1.